The van der Waals surface area contributed by atoms with Gasteiger partial charge >= 0.3 is 0 Å². The molecule has 16 heavy (non-hydrogen) atoms. The molecule has 5 heteroatoms. The summed E-state index contributed by atoms with van der Waals surface area (Å²) in [7, 11) is 0. The van der Waals surface area contributed by atoms with E-state index in [1.807, 2.05) is 0 Å². The molecule has 0 bridgehead atoms. The molecule has 0 heterocycles. The Morgan fingerprint density at radius 3 is 2.75 bits per heavy atom. The van der Waals surface area contributed by atoms with E-state index in [0.717, 1.165) is 5.56 Å². The summed E-state index contributed by atoms with van der Waals surface area (Å²) in [4.78, 5) is 10.5. The van der Waals surface area contributed by atoms with Gasteiger partial charge < -0.3 is 11.5 Å². The Labute approximate surface area is 102 Å². The van der Waals surface area contributed by atoms with E-state index in [0.29, 0.717) is 23.7 Å². The maximum Gasteiger partial charge on any atom is 0.217 e. The number of halogens is 2. The van der Waals surface area contributed by atoms with Crippen LogP contribution in [0.2, 0.25) is 0 Å². The van der Waals surface area contributed by atoms with E-state index in [4.69, 9.17) is 11.5 Å². The lowest BCUT2D eigenvalue weighted by Crippen LogP contribution is -2.14. The highest BCUT2D eigenvalue weighted by atomic mass is 79.9. The van der Waals surface area contributed by atoms with Crippen LogP contribution in [0, 0.1) is 5.82 Å². The van der Waals surface area contributed by atoms with Gasteiger partial charge in [0.15, 0.2) is 0 Å². The summed E-state index contributed by atoms with van der Waals surface area (Å²) >= 11 is 3.10. The number of carbonyl (C=O) groups is 1. The third-order valence-corrected chi connectivity index (χ3v) is 2.92. The number of benzene rings is 1. The standard InChI is InChI=1S/C11H14BrFN2O/c12-8-6-7(4-5-9(8)13)10(14)2-1-3-11(15)16/h4-6,10H,1-3,14H2,(H2,15,16). The van der Waals surface area contributed by atoms with Gasteiger partial charge in [0.2, 0.25) is 5.91 Å². The third-order valence-electron chi connectivity index (χ3n) is 2.31. The van der Waals surface area contributed by atoms with E-state index in [-0.39, 0.29) is 17.8 Å². The van der Waals surface area contributed by atoms with Crippen molar-refractivity contribution in [1.29, 1.82) is 0 Å². The van der Waals surface area contributed by atoms with Crippen LogP contribution in [0.4, 0.5) is 4.39 Å². The van der Waals surface area contributed by atoms with Crippen molar-refractivity contribution in [3.63, 3.8) is 0 Å². The van der Waals surface area contributed by atoms with E-state index >= 15 is 0 Å². The molecule has 0 spiro atoms. The van der Waals surface area contributed by atoms with Crippen molar-refractivity contribution in [2.45, 2.75) is 25.3 Å². The van der Waals surface area contributed by atoms with Crippen LogP contribution in [0.5, 0.6) is 0 Å². The van der Waals surface area contributed by atoms with E-state index in [9.17, 15) is 9.18 Å². The Kier molecular flexibility index (Phi) is 4.89. The van der Waals surface area contributed by atoms with Crippen molar-refractivity contribution in [3.8, 4) is 0 Å². The monoisotopic (exact) mass is 288 g/mol. The smallest absolute Gasteiger partial charge is 0.217 e. The second kappa shape index (κ2) is 5.96. The molecule has 0 aromatic heterocycles. The number of hydrogen-bond donors (Lipinski definition) is 2. The maximum atomic E-state index is 13.0. The molecule has 1 amide bonds. The second-order valence-corrected chi connectivity index (χ2v) is 4.49. The molecule has 0 saturated heterocycles. The van der Waals surface area contributed by atoms with Gasteiger partial charge in [-0.2, -0.15) is 0 Å². The molecule has 1 unspecified atom stereocenters. The van der Waals surface area contributed by atoms with Crippen LogP contribution in [-0.4, -0.2) is 5.91 Å². The van der Waals surface area contributed by atoms with Gasteiger partial charge in [-0.05, 0) is 46.5 Å². The number of hydrogen-bond acceptors (Lipinski definition) is 2. The molecule has 0 saturated carbocycles. The molecular weight excluding hydrogens is 275 g/mol. The van der Waals surface area contributed by atoms with Gasteiger partial charge in [0, 0.05) is 12.5 Å². The lowest BCUT2D eigenvalue weighted by Gasteiger charge is -2.11. The van der Waals surface area contributed by atoms with E-state index in [1.165, 1.54) is 6.07 Å². The predicted molar refractivity (Wildman–Crippen MR) is 64.1 cm³/mol. The number of nitrogens with two attached hydrogens (primary N) is 2. The minimum Gasteiger partial charge on any atom is -0.370 e. The van der Waals surface area contributed by atoms with Crippen LogP contribution in [0.3, 0.4) is 0 Å². The van der Waals surface area contributed by atoms with Crippen LogP contribution in [0.1, 0.15) is 30.9 Å². The zero-order valence-electron chi connectivity index (χ0n) is 8.75. The maximum absolute atomic E-state index is 13.0. The summed E-state index contributed by atoms with van der Waals surface area (Å²) < 4.78 is 13.4. The van der Waals surface area contributed by atoms with Crippen LogP contribution >= 0.6 is 15.9 Å². The highest BCUT2D eigenvalue weighted by Gasteiger charge is 2.08. The third kappa shape index (κ3) is 3.90. The lowest BCUT2D eigenvalue weighted by atomic mass is 10.0. The molecule has 0 fully saturated rings. The average molecular weight is 289 g/mol. The highest BCUT2D eigenvalue weighted by molar-refractivity contribution is 9.10. The molecule has 4 N–H and O–H groups in total. The van der Waals surface area contributed by atoms with Crippen LogP contribution in [-0.2, 0) is 4.79 Å². The van der Waals surface area contributed by atoms with Gasteiger partial charge in [-0.25, -0.2) is 4.39 Å². The van der Waals surface area contributed by atoms with Gasteiger partial charge in [-0.15, -0.1) is 0 Å². The van der Waals surface area contributed by atoms with Crippen molar-refractivity contribution in [3.05, 3.63) is 34.1 Å². The molecule has 0 aliphatic heterocycles. The summed E-state index contributed by atoms with van der Waals surface area (Å²) in [5, 5.41) is 0. The summed E-state index contributed by atoms with van der Waals surface area (Å²) in [6.07, 6.45) is 1.63. The van der Waals surface area contributed by atoms with Gasteiger partial charge in [-0.1, -0.05) is 6.07 Å². The van der Waals surface area contributed by atoms with Gasteiger partial charge in [-0.3, -0.25) is 4.79 Å². The van der Waals surface area contributed by atoms with Crippen LogP contribution in [0.15, 0.2) is 22.7 Å². The van der Waals surface area contributed by atoms with Gasteiger partial charge in [0.25, 0.3) is 0 Å². The fraction of sp³-hybridized carbons (Fsp3) is 0.364. The first-order valence-electron chi connectivity index (χ1n) is 4.99. The highest BCUT2D eigenvalue weighted by Crippen LogP contribution is 2.22. The Morgan fingerprint density at radius 1 is 1.50 bits per heavy atom. The van der Waals surface area contributed by atoms with Crippen molar-refractivity contribution in [2.24, 2.45) is 11.5 Å². The van der Waals surface area contributed by atoms with Crippen molar-refractivity contribution in [2.75, 3.05) is 0 Å². The van der Waals surface area contributed by atoms with Crippen LogP contribution < -0.4 is 11.5 Å². The summed E-state index contributed by atoms with van der Waals surface area (Å²) in [5.74, 6) is -0.638. The Morgan fingerprint density at radius 2 is 2.19 bits per heavy atom. The van der Waals surface area contributed by atoms with Crippen LogP contribution in [0.25, 0.3) is 0 Å². The minimum atomic E-state index is -0.326. The second-order valence-electron chi connectivity index (χ2n) is 3.64. The van der Waals surface area contributed by atoms with E-state index in [2.05, 4.69) is 15.9 Å². The molecule has 1 aromatic carbocycles. The summed E-state index contributed by atoms with van der Waals surface area (Å²) in [5.41, 5.74) is 11.8. The fourth-order valence-corrected chi connectivity index (χ4v) is 1.80. The number of amides is 1. The molecule has 1 rings (SSSR count). The van der Waals surface area contributed by atoms with Gasteiger partial charge in [0.05, 0.1) is 4.47 Å². The zero-order valence-corrected chi connectivity index (χ0v) is 10.3. The summed E-state index contributed by atoms with van der Waals surface area (Å²) in [6, 6.07) is 4.48. The SMILES string of the molecule is NC(=O)CCCC(N)c1ccc(F)c(Br)c1. The molecule has 3 nitrogen and oxygen atoms in total. The molecule has 1 aromatic rings. The fourth-order valence-electron chi connectivity index (χ4n) is 1.41. The predicted octanol–water partition coefficient (Wildman–Crippen LogP) is 2.24. The molecule has 0 aliphatic carbocycles. The van der Waals surface area contributed by atoms with Crippen molar-refractivity contribution >= 4 is 21.8 Å². The first-order valence-corrected chi connectivity index (χ1v) is 5.79. The zero-order chi connectivity index (χ0) is 12.1. The topological polar surface area (TPSA) is 69.1 Å². The molecule has 1 atom stereocenters. The number of carbonyl (C=O) groups excluding carboxylic acids is 1. The van der Waals surface area contributed by atoms with Crippen molar-refractivity contribution in [1.82, 2.24) is 0 Å². The molecular formula is C11H14BrFN2O. The molecule has 0 aliphatic rings. The Hall–Kier alpha value is -0.940. The molecule has 0 radical (unpaired) electrons. The largest absolute Gasteiger partial charge is 0.370 e. The Balaban J connectivity index is 2.55. The van der Waals surface area contributed by atoms with E-state index in [1.54, 1.807) is 12.1 Å². The summed E-state index contributed by atoms with van der Waals surface area (Å²) in [6.45, 7) is 0. The minimum absolute atomic E-state index is 0.198. The average Bonchev–Trinajstić information content (AvgIpc) is 2.21. The lowest BCUT2D eigenvalue weighted by molar-refractivity contribution is -0.118. The Bertz CT molecular complexity index is 384. The normalized spacial score (nSPS) is 12.4. The number of primary amides is 1. The number of rotatable bonds is 5. The molecule has 88 valence electrons. The van der Waals surface area contributed by atoms with Gasteiger partial charge in [0.1, 0.15) is 5.82 Å². The van der Waals surface area contributed by atoms with Crippen molar-refractivity contribution < 1.29 is 9.18 Å². The quantitative estimate of drug-likeness (QED) is 0.872. The first-order chi connectivity index (χ1) is 7.50. The first kappa shape index (κ1) is 13.1. The van der Waals surface area contributed by atoms with E-state index < -0.39 is 0 Å².